The number of thiophene rings is 1. The Morgan fingerprint density at radius 2 is 2.00 bits per heavy atom. The number of fused-ring (bicyclic) bond motifs is 1. The molecule has 0 atom stereocenters. The van der Waals surface area contributed by atoms with E-state index in [0.29, 0.717) is 22.9 Å². The Balaban J connectivity index is 1.55. The maximum Gasteiger partial charge on any atom is 0.272 e. The van der Waals surface area contributed by atoms with E-state index in [4.69, 9.17) is 11.6 Å². The zero-order valence-electron chi connectivity index (χ0n) is 15.9. The molecule has 1 aliphatic rings. The molecule has 11 heteroatoms. The number of amides is 1. The molecule has 0 aliphatic carbocycles. The Kier molecular flexibility index (Phi) is 5.67. The van der Waals surface area contributed by atoms with Crippen LogP contribution < -0.4 is 5.32 Å². The van der Waals surface area contributed by atoms with Crippen molar-refractivity contribution in [1.29, 1.82) is 0 Å². The lowest BCUT2D eigenvalue weighted by Crippen LogP contribution is -2.36. The van der Waals surface area contributed by atoms with Crippen LogP contribution >= 0.6 is 22.9 Å². The summed E-state index contributed by atoms with van der Waals surface area (Å²) in [5, 5.41) is 7.08. The second-order valence-electron chi connectivity index (χ2n) is 6.85. The van der Waals surface area contributed by atoms with Gasteiger partial charge >= 0.3 is 0 Å². The van der Waals surface area contributed by atoms with Crippen molar-refractivity contribution in [3.05, 3.63) is 69.1 Å². The number of rotatable bonds is 5. The minimum atomic E-state index is -3.71. The van der Waals surface area contributed by atoms with Crippen LogP contribution in [-0.4, -0.2) is 35.0 Å². The van der Waals surface area contributed by atoms with Crippen molar-refractivity contribution in [1.82, 2.24) is 19.4 Å². The number of carbonyl (C=O) groups excluding carboxylic acids is 1. The van der Waals surface area contributed by atoms with Crippen molar-refractivity contribution in [2.24, 2.45) is 7.05 Å². The summed E-state index contributed by atoms with van der Waals surface area (Å²) in [5.74, 6) is -0.758. The standard InChI is InChI=1S/C19H18ClFN4O3S2/c1-24-15-8-9-25(30(27,28)17-7-6-16(20)29-17)11-14(15)18(23-24)19(26)22-10-12-2-4-13(21)5-3-12/h2-7H,8-11H2,1H3,(H,22,26). The molecule has 4 rings (SSSR count). The second kappa shape index (κ2) is 8.10. The summed E-state index contributed by atoms with van der Waals surface area (Å²) < 4.78 is 42.5. The molecule has 30 heavy (non-hydrogen) atoms. The number of nitrogens with zero attached hydrogens (tertiary/aromatic N) is 3. The molecule has 158 valence electrons. The van der Waals surface area contributed by atoms with Crippen LogP contribution in [0.2, 0.25) is 4.34 Å². The molecule has 0 spiro atoms. The Morgan fingerprint density at radius 1 is 1.27 bits per heavy atom. The Labute approximate surface area is 182 Å². The summed E-state index contributed by atoms with van der Waals surface area (Å²) in [6, 6.07) is 8.85. The van der Waals surface area contributed by atoms with Gasteiger partial charge in [0.05, 0.1) is 4.34 Å². The van der Waals surface area contributed by atoms with Crippen LogP contribution in [-0.2, 0) is 36.6 Å². The zero-order chi connectivity index (χ0) is 21.5. The van der Waals surface area contributed by atoms with E-state index in [1.807, 2.05) is 0 Å². The van der Waals surface area contributed by atoms with E-state index in [0.717, 1.165) is 22.6 Å². The van der Waals surface area contributed by atoms with Crippen LogP contribution in [0, 0.1) is 5.82 Å². The Bertz CT molecular complexity index is 1210. The van der Waals surface area contributed by atoms with Gasteiger partial charge in [-0.25, -0.2) is 12.8 Å². The lowest BCUT2D eigenvalue weighted by atomic mass is 10.1. The summed E-state index contributed by atoms with van der Waals surface area (Å²) in [6.45, 7) is 0.557. The summed E-state index contributed by atoms with van der Waals surface area (Å²) >= 11 is 6.90. The quantitative estimate of drug-likeness (QED) is 0.624. The van der Waals surface area contributed by atoms with Crippen LogP contribution in [0.4, 0.5) is 4.39 Å². The molecule has 0 bridgehead atoms. The van der Waals surface area contributed by atoms with E-state index in [1.165, 1.54) is 22.5 Å². The average molecular weight is 469 g/mol. The number of hydrogen-bond acceptors (Lipinski definition) is 5. The number of carbonyl (C=O) groups is 1. The van der Waals surface area contributed by atoms with Crippen molar-refractivity contribution < 1.29 is 17.6 Å². The molecule has 0 fully saturated rings. The highest BCUT2D eigenvalue weighted by Crippen LogP contribution is 2.31. The first kappa shape index (κ1) is 21.0. The molecule has 7 nitrogen and oxygen atoms in total. The van der Waals surface area contributed by atoms with Gasteiger partial charge in [-0.2, -0.15) is 9.40 Å². The van der Waals surface area contributed by atoms with Gasteiger partial charge in [0.2, 0.25) is 0 Å². The summed E-state index contributed by atoms with van der Waals surface area (Å²) in [7, 11) is -1.98. The number of aryl methyl sites for hydroxylation is 1. The third-order valence-electron chi connectivity index (χ3n) is 4.93. The Morgan fingerprint density at radius 3 is 2.67 bits per heavy atom. The highest BCUT2D eigenvalue weighted by molar-refractivity contribution is 7.91. The van der Waals surface area contributed by atoms with Crippen LogP contribution in [0.5, 0.6) is 0 Å². The van der Waals surface area contributed by atoms with Crippen molar-refractivity contribution in [3.8, 4) is 0 Å². The van der Waals surface area contributed by atoms with E-state index in [-0.39, 0.29) is 28.8 Å². The third-order valence-corrected chi connectivity index (χ3v) is 8.48. The van der Waals surface area contributed by atoms with E-state index in [1.54, 1.807) is 29.9 Å². The van der Waals surface area contributed by atoms with E-state index in [2.05, 4.69) is 10.4 Å². The van der Waals surface area contributed by atoms with E-state index < -0.39 is 15.9 Å². The molecular weight excluding hydrogens is 451 g/mol. The SMILES string of the molecule is Cn1nc(C(=O)NCc2ccc(F)cc2)c2c1CCN(S(=O)(=O)c1ccc(Cl)s1)C2. The van der Waals surface area contributed by atoms with Gasteiger partial charge in [0.1, 0.15) is 10.0 Å². The predicted molar refractivity (Wildman–Crippen MR) is 111 cm³/mol. The molecule has 0 saturated carbocycles. The van der Waals surface area contributed by atoms with E-state index >= 15 is 0 Å². The molecule has 1 aromatic carbocycles. The molecule has 0 saturated heterocycles. The van der Waals surface area contributed by atoms with Crippen molar-refractivity contribution in [3.63, 3.8) is 0 Å². The monoisotopic (exact) mass is 468 g/mol. The maximum atomic E-state index is 13.0. The van der Waals surface area contributed by atoms with Gasteiger partial charge in [-0.15, -0.1) is 11.3 Å². The molecule has 1 aliphatic heterocycles. The molecular formula is C19H18ClFN4O3S2. The number of benzene rings is 1. The van der Waals surface area contributed by atoms with E-state index in [9.17, 15) is 17.6 Å². The minimum absolute atomic E-state index is 0.0559. The number of nitrogens with one attached hydrogen (secondary N) is 1. The summed E-state index contributed by atoms with van der Waals surface area (Å²) in [6.07, 6.45) is 0.447. The minimum Gasteiger partial charge on any atom is -0.347 e. The number of hydrogen-bond donors (Lipinski definition) is 1. The smallest absolute Gasteiger partial charge is 0.272 e. The molecule has 3 heterocycles. The average Bonchev–Trinajstić information content (AvgIpc) is 3.31. The van der Waals surface area contributed by atoms with Crippen molar-refractivity contribution in [2.45, 2.75) is 23.7 Å². The predicted octanol–water partition coefficient (Wildman–Crippen LogP) is 2.95. The van der Waals surface area contributed by atoms with Gasteiger partial charge in [-0.05, 0) is 29.8 Å². The highest BCUT2D eigenvalue weighted by atomic mass is 35.5. The number of aromatic nitrogens is 2. The van der Waals surface area contributed by atoms with Gasteiger partial charge in [0.25, 0.3) is 15.9 Å². The maximum absolute atomic E-state index is 13.0. The van der Waals surface area contributed by atoms with Crippen molar-refractivity contribution >= 4 is 38.9 Å². The molecule has 1 amide bonds. The van der Waals surface area contributed by atoms with Crippen LogP contribution in [0.25, 0.3) is 0 Å². The molecule has 1 N–H and O–H groups in total. The van der Waals surface area contributed by atoms with Gasteiger partial charge in [-0.1, -0.05) is 23.7 Å². The summed E-state index contributed by atoms with van der Waals surface area (Å²) in [5.41, 5.74) is 2.36. The molecule has 0 radical (unpaired) electrons. The summed E-state index contributed by atoms with van der Waals surface area (Å²) in [4.78, 5) is 12.8. The fourth-order valence-corrected chi connectivity index (χ4v) is 6.43. The largest absolute Gasteiger partial charge is 0.347 e. The second-order valence-corrected chi connectivity index (χ2v) is 10.7. The van der Waals surface area contributed by atoms with Gasteiger partial charge in [0.15, 0.2) is 5.69 Å². The lowest BCUT2D eigenvalue weighted by molar-refractivity contribution is 0.0943. The highest BCUT2D eigenvalue weighted by Gasteiger charge is 2.34. The third kappa shape index (κ3) is 4.00. The zero-order valence-corrected chi connectivity index (χ0v) is 18.3. The molecule has 0 unspecified atom stereocenters. The lowest BCUT2D eigenvalue weighted by Gasteiger charge is -2.26. The number of sulfonamides is 1. The first-order valence-electron chi connectivity index (χ1n) is 9.08. The topological polar surface area (TPSA) is 84.3 Å². The van der Waals surface area contributed by atoms with Crippen LogP contribution in [0.3, 0.4) is 0 Å². The van der Waals surface area contributed by atoms with Gasteiger partial charge in [0, 0.05) is 44.4 Å². The van der Waals surface area contributed by atoms with Crippen LogP contribution in [0.1, 0.15) is 27.3 Å². The molecule has 2 aromatic heterocycles. The fraction of sp³-hybridized carbons (Fsp3) is 0.263. The van der Waals surface area contributed by atoms with Crippen LogP contribution in [0.15, 0.2) is 40.6 Å². The fourth-order valence-electron chi connectivity index (χ4n) is 3.39. The Hall–Kier alpha value is -2.27. The molecule has 3 aromatic rings. The first-order valence-corrected chi connectivity index (χ1v) is 11.7. The van der Waals surface area contributed by atoms with Crippen molar-refractivity contribution in [2.75, 3.05) is 6.54 Å². The van der Waals surface area contributed by atoms with Gasteiger partial charge < -0.3 is 5.32 Å². The normalized spacial score (nSPS) is 14.5. The van der Waals surface area contributed by atoms with Gasteiger partial charge in [-0.3, -0.25) is 9.48 Å². The first-order chi connectivity index (χ1) is 14.3. The number of halogens is 2.